The SMILES string of the molecule is O=C(O)C(F)(F)F.O=C1C(CS(=O)(=O)N2CCN(c3ccc(F)cc3)CC2)CCN1O. The molecule has 1 aromatic rings. The third kappa shape index (κ3) is 6.77. The maximum Gasteiger partial charge on any atom is 0.490 e. The Morgan fingerprint density at radius 2 is 1.58 bits per heavy atom. The van der Waals surface area contributed by atoms with Gasteiger partial charge in [0.1, 0.15) is 5.82 Å². The molecule has 1 unspecified atom stereocenters. The molecule has 2 fully saturated rings. The fourth-order valence-corrected chi connectivity index (χ4v) is 4.86. The molecule has 0 spiro atoms. The Balaban J connectivity index is 0.000000423. The number of carbonyl (C=O) groups excluding carboxylic acids is 1. The van der Waals surface area contributed by atoms with Crippen molar-refractivity contribution < 1.29 is 45.9 Å². The van der Waals surface area contributed by atoms with E-state index in [4.69, 9.17) is 9.90 Å². The normalized spacial score (nSPS) is 20.4. The summed E-state index contributed by atoms with van der Waals surface area (Å²) in [6.07, 6.45) is -4.73. The molecule has 1 atom stereocenters. The van der Waals surface area contributed by atoms with Crippen LogP contribution < -0.4 is 4.90 Å². The van der Waals surface area contributed by atoms with Crippen molar-refractivity contribution in [3.05, 3.63) is 30.1 Å². The summed E-state index contributed by atoms with van der Waals surface area (Å²) in [6.45, 7) is 1.84. The predicted octanol–water partition coefficient (Wildman–Crippen LogP) is 1.15. The Morgan fingerprint density at radius 1 is 1.06 bits per heavy atom. The van der Waals surface area contributed by atoms with E-state index in [1.54, 1.807) is 12.1 Å². The van der Waals surface area contributed by atoms with E-state index in [2.05, 4.69) is 0 Å². The molecule has 1 amide bonds. The summed E-state index contributed by atoms with van der Waals surface area (Å²) in [5, 5.41) is 17.0. The Kier molecular flexibility index (Phi) is 7.83. The van der Waals surface area contributed by atoms with Gasteiger partial charge < -0.3 is 10.0 Å². The van der Waals surface area contributed by atoms with Gasteiger partial charge in [-0.15, -0.1) is 0 Å². The highest BCUT2D eigenvalue weighted by molar-refractivity contribution is 7.89. The van der Waals surface area contributed by atoms with Crippen LogP contribution in [-0.2, 0) is 19.6 Å². The second-order valence-electron chi connectivity index (χ2n) is 6.89. The second kappa shape index (κ2) is 9.78. The van der Waals surface area contributed by atoms with Gasteiger partial charge in [-0.2, -0.15) is 17.5 Å². The standard InChI is InChI=1S/C15H20FN3O4S.C2HF3O2/c16-13-1-3-14(4-2-13)17-7-9-18(10-8-17)24(22,23)11-12-5-6-19(21)15(12)20;3-2(4,5)1(6)7/h1-4,12,21H,5-11H2;(H,6,7). The summed E-state index contributed by atoms with van der Waals surface area (Å²) < 4.78 is 71.1. The number of hydrogen-bond acceptors (Lipinski definition) is 6. The minimum Gasteiger partial charge on any atom is -0.475 e. The molecule has 0 aromatic heterocycles. The lowest BCUT2D eigenvalue weighted by Gasteiger charge is -2.35. The van der Waals surface area contributed by atoms with Gasteiger partial charge in [0.15, 0.2) is 0 Å². The zero-order chi connectivity index (χ0) is 23.4. The predicted molar refractivity (Wildman–Crippen MR) is 99.3 cm³/mol. The maximum absolute atomic E-state index is 13.0. The van der Waals surface area contributed by atoms with Gasteiger partial charge in [0.2, 0.25) is 15.9 Å². The number of carboxylic acid groups (broad SMARTS) is 1. The third-order valence-electron chi connectivity index (χ3n) is 4.77. The minimum atomic E-state index is -5.08. The van der Waals surface area contributed by atoms with Crippen molar-refractivity contribution in [2.45, 2.75) is 12.6 Å². The van der Waals surface area contributed by atoms with Crippen LogP contribution in [0.3, 0.4) is 0 Å². The van der Waals surface area contributed by atoms with Crippen LogP contribution in [-0.4, -0.2) is 84.6 Å². The number of anilines is 1. The number of hydroxylamine groups is 2. The first-order chi connectivity index (χ1) is 14.3. The molecule has 9 nitrogen and oxygen atoms in total. The van der Waals surface area contributed by atoms with E-state index in [1.165, 1.54) is 16.4 Å². The first-order valence-electron chi connectivity index (χ1n) is 9.10. The summed E-state index contributed by atoms with van der Waals surface area (Å²) in [5.41, 5.74) is 0.857. The fraction of sp³-hybridized carbons (Fsp3) is 0.529. The number of sulfonamides is 1. The average Bonchev–Trinajstić information content (AvgIpc) is 3.00. The number of benzene rings is 1. The topological polar surface area (TPSA) is 118 Å². The molecule has 2 aliphatic rings. The molecule has 2 saturated heterocycles. The maximum atomic E-state index is 13.0. The highest BCUT2D eigenvalue weighted by Crippen LogP contribution is 2.22. The molecule has 174 valence electrons. The van der Waals surface area contributed by atoms with Crippen LogP contribution in [0.5, 0.6) is 0 Å². The summed E-state index contributed by atoms with van der Waals surface area (Å²) >= 11 is 0. The number of aliphatic carboxylic acids is 1. The first kappa shape index (κ1) is 24.8. The van der Waals surface area contributed by atoms with E-state index in [0.717, 1.165) is 5.69 Å². The van der Waals surface area contributed by atoms with Crippen LogP contribution in [0.4, 0.5) is 23.2 Å². The Labute approximate surface area is 175 Å². The number of carbonyl (C=O) groups is 2. The van der Waals surface area contributed by atoms with Crippen LogP contribution in [0.2, 0.25) is 0 Å². The number of halogens is 4. The van der Waals surface area contributed by atoms with Crippen molar-refractivity contribution >= 4 is 27.6 Å². The van der Waals surface area contributed by atoms with E-state index in [1.807, 2.05) is 4.90 Å². The molecule has 2 aliphatic heterocycles. The molecule has 0 saturated carbocycles. The van der Waals surface area contributed by atoms with Crippen molar-refractivity contribution in [1.82, 2.24) is 9.37 Å². The zero-order valence-corrected chi connectivity index (χ0v) is 16.9. The average molecular weight is 471 g/mol. The molecular weight excluding hydrogens is 450 g/mol. The minimum absolute atomic E-state index is 0.178. The van der Waals surface area contributed by atoms with Crippen molar-refractivity contribution in [1.29, 1.82) is 0 Å². The van der Waals surface area contributed by atoms with Gasteiger partial charge in [-0.3, -0.25) is 10.0 Å². The van der Waals surface area contributed by atoms with Crippen LogP contribution >= 0.6 is 0 Å². The largest absolute Gasteiger partial charge is 0.490 e. The van der Waals surface area contributed by atoms with Gasteiger partial charge in [-0.05, 0) is 30.7 Å². The molecule has 1 aromatic carbocycles. The highest BCUT2D eigenvalue weighted by atomic mass is 32.2. The molecule has 0 aliphatic carbocycles. The Morgan fingerprint density at radius 3 is 2.00 bits per heavy atom. The van der Waals surface area contributed by atoms with E-state index >= 15 is 0 Å². The van der Waals surface area contributed by atoms with Gasteiger partial charge in [0.25, 0.3) is 0 Å². The Bertz CT molecular complexity index is 886. The fourth-order valence-electron chi connectivity index (χ4n) is 3.11. The number of carboxylic acids is 1. The number of alkyl halides is 3. The zero-order valence-electron chi connectivity index (χ0n) is 16.1. The molecule has 14 heteroatoms. The van der Waals surface area contributed by atoms with Gasteiger partial charge in [0.05, 0.1) is 11.7 Å². The molecule has 2 N–H and O–H groups in total. The van der Waals surface area contributed by atoms with Crippen molar-refractivity contribution in [3.8, 4) is 0 Å². The van der Waals surface area contributed by atoms with Gasteiger partial charge in [0, 0.05) is 38.4 Å². The van der Waals surface area contributed by atoms with Crippen LogP contribution in [0.25, 0.3) is 0 Å². The molecule has 0 radical (unpaired) electrons. The lowest BCUT2D eigenvalue weighted by Crippen LogP contribution is -2.50. The number of hydrogen-bond donors (Lipinski definition) is 2. The molecule has 31 heavy (non-hydrogen) atoms. The lowest BCUT2D eigenvalue weighted by atomic mass is 10.1. The second-order valence-corrected chi connectivity index (χ2v) is 8.90. The smallest absolute Gasteiger partial charge is 0.475 e. The van der Waals surface area contributed by atoms with Crippen molar-refractivity contribution in [2.24, 2.45) is 5.92 Å². The number of piperazine rings is 1. The number of rotatable bonds is 4. The van der Waals surface area contributed by atoms with Crippen molar-refractivity contribution in [3.63, 3.8) is 0 Å². The van der Waals surface area contributed by atoms with Crippen LogP contribution in [0, 0.1) is 11.7 Å². The highest BCUT2D eigenvalue weighted by Gasteiger charge is 2.38. The van der Waals surface area contributed by atoms with E-state index < -0.39 is 34.0 Å². The van der Waals surface area contributed by atoms with Crippen LogP contribution in [0.15, 0.2) is 24.3 Å². The summed E-state index contributed by atoms with van der Waals surface area (Å²) in [4.78, 5) is 22.6. The lowest BCUT2D eigenvalue weighted by molar-refractivity contribution is -0.192. The van der Waals surface area contributed by atoms with Crippen molar-refractivity contribution in [2.75, 3.05) is 43.4 Å². The number of amides is 1. The first-order valence-corrected chi connectivity index (χ1v) is 10.7. The summed E-state index contributed by atoms with van der Waals surface area (Å²) in [6, 6.07) is 6.11. The summed E-state index contributed by atoms with van der Waals surface area (Å²) in [7, 11) is -3.55. The quantitative estimate of drug-likeness (QED) is 0.500. The monoisotopic (exact) mass is 471 g/mol. The molecule has 2 heterocycles. The van der Waals surface area contributed by atoms with E-state index in [9.17, 15) is 36.0 Å². The van der Waals surface area contributed by atoms with Gasteiger partial charge in [-0.25, -0.2) is 22.7 Å². The molecular formula is C17H21F4N3O6S. The molecule has 0 bridgehead atoms. The summed E-state index contributed by atoms with van der Waals surface area (Å²) in [5.74, 6) is -4.52. The van der Waals surface area contributed by atoms with E-state index in [0.29, 0.717) is 37.7 Å². The van der Waals surface area contributed by atoms with E-state index in [-0.39, 0.29) is 18.1 Å². The third-order valence-corrected chi connectivity index (χ3v) is 6.75. The number of nitrogens with zero attached hydrogens (tertiary/aromatic N) is 3. The molecule has 3 rings (SSSR count). The van der Waals surface area contributed by atoms with Gasteiger partial charge >= 0.3 is 12.1 Å². The Hall–Kier alpha value is -2.45. The van der Waals surface area contributed by atoms with Gasteiger partial charge in [-0.1, -0.05) is 0 Å². The van der Waals surface area contributed by atoms with Crippen LogP contribution in [0.1, 0.15) is 6.42 Å².